The minimum atomic E-state index is -0.500. The number of aromatic amines is 1. The Kier molecular flexibility index (Phi) is 5.58. The second-order valence-electron chi connectivity index (χ2n) is 7.69. The van der Waals surface area contributed by atoms with Crippen LogP contribution in [0.5, 0.6) is 5.75 Å². The van der Waals surface area contributed by atoms with Gasteiger partial charge in [0, 0.05) is 24.0 Å². The molecule has 3 heterocycles. The molecule has 1 fully saturated rings. The molecule has 0 radical (unpaired) electrons. The van der Waals surface area contributed by atoms with Gasteiger partial charge in [-0.15, -0.1) is 0 Å². The lowest BCUT2D eigenvalue weighted by atomic mass is 10.1. The number of hydrogen-bond acceptors (Lipinski definition) is 6. The van der Waals surface area contributed by atoms with Crippen molar-refractivity contribution in [3.63, 3.8) is 0 Å². The van der Waals surface area contributed by atoms with Crippen molar-refractivity contribution in [1.29, 1.82) is 0 Å². The highest BCUT2D eigenvalue weighted by Gasteiger charge is 2.35. The molecule has 2 aromatic rings. The maximum absolute atomic E-state index is 11.9. The number of likely N-dealkylation sites (tertiary alicyclic amines) is 1. The van der Waals surface area contributed by atoms with Crippen LogP contribution in [0, 0.1) is 0 Å². The number of nitrogens with zero attached hydrogens (tertiary/aromatic N) is 2. The quantitative estimate of drug-likeness (QED) is 0.793. The standard InChI is InChI=1S/C20H25N3O5/c1-20(2,3)28-19(25)23-11-17(12-23)27-16-6-5-14(22-10-16)8-15-7-13(9-21-15)18(24)26-4/h5-7,9-10,17,21H,8,11-12H2,1-4H3. The SMILES string of the molecule is COC(=O)c1c[nH]c(Cc2ccc(OC3CN(C(=O)OC(C)(C)C)C3)cn2)c1. The van der Waals surface area contributed by atoms with Gasteiger partial charge in [0.25, 0.3) is 0 Å². The molecule has 8 nitrogen and oxygen atoms in total. The van der Waals surface area contributed by atoms with Gasteiger partial charge < -0.3 is 24.1 Å². The van der Waals surface area contributed by atoms with E-state index in [0.29, 0.717) is 30.8 Å². The summed E-state index contributed by atoms with van der Waals surface area (Å²) in [6.07, 6.45) is 3.46. The van der Waals surface area contributed by atoms with Crippen LogP contribution in [0.2, 0.25) is 0 Å². The van der Waals surface area contributed by atoms with E-state index in [4.69, 9.17) is 14.2 Å². The van der Waals surface area contributed by atoms with Crippen LogP contribution in [0.3, 0.4) is 0 Å². The van der Waals surface area contributed by atoms with Crippen molar-refractivity contribution < 1.29 is 23.8 Å². The smallest absolute Gasteiger partial charge is 0.410 e. The Morgan fingerprint density at radius 1 is 1.29 bits per heavy atom. The second-order valence-corrected chi connectivity index (χ2v) is 7.69. The fourth-order valence-corrected chi connectivity index (χ4v) is 2.74. The maximum atomic E-state index is 11.9. The molecule has 2 aromatic heterocycles. The fourth-order valence-electron chi connectivity index (χ4n) is 2.74. The molecule has 3 rings (SSSR count). The van der Waals surface area contributed by atoms with E-state index in [1.807, 2.05) is 32.9 Å². The van der Waals surface area contributed by atoms with Crippen molar-refractivity contribution in [3.8, 4) is 5.75 Å². The molecular weight excluding hydrogens is 362 g/mol. The molecule has 1 saturated heterocycles. The van der Waals surface area contributed by atoms with E-state index >= 15 is 0 Å². The third-order valence-corrected chi connectivity index (χ3v) is 4.14. The molecule has 0 aliphatic carbocycles. The van der Waals surface area contributed by atoms with Crippen LogP contribution in [0.15, 0.2) is 30.6 Å². The van der Waals surface area contributed by atoms with Gasteiger partial charge in [0.05, 0.1) is 32.0 Å². The Morgan fingerprint density at radius 2 is 2.04 bits per heavy atom. The number of ether oxygens (including phenoxy) is 3. The van der Waals surface area contributed by atoms with Gasteiger partial charge in [-0.25, -0.2) is 9.59 Å². The molecule has 1 aliphatic rings. The fraction of sp³-hybridized carbons (Fsp3) is 0.450. The second kappa shape index (κ2) is 7.92. The van der Waals surface area contributed by atoms with Crippen molar-refractivity contribution in [2.75, 3.05) is 20.2 Å². The van der Waals surface area contributed by atoms with Gasteiger partial charge in [0.2, 0.25) is 0 Å². The Bertz CT molecular complexity index is 832. The number of esters is 1. The number of aromatic nitrogens is 2. The average molecular weight is 387 g/mol. The first kappa shape index (κ1) is 19.7. The summed E-state index contributed by atoms with van der Waals surface area (Å²) in [6, 6.07) is 5.47. The minimum absolute atomic E-state index is 0.0637. The van der Waals surface area contributed by atoms with Gasteiger partial charge in [-0.2, -0.15) is 0 Å². The predicted octanol–water partition coefficient (Wildman–Crippen LogP) is 2.79. The zero-order valence-electron chi connectivity index (χ0n) is 16.5. The van der Waals surface area contributed by atoms with E-state index in [2.05, 4.69) is 9.97 Å². The minimum Gasteiger partial charge on any atom is -0.485 e. The molecule has 1 amide bonds. The van der Waals surface area contributed by atoms with Gasteiger partial charge in [-0.05, 0) is 39.0 Å². The number of nitrogens with one attached hydrogen (secondary N) is 1. The van der Waals surface area contributed by atoms with Gasteiger partial charge >= 0.3 is 12.1 Å². The summed E-state index contributed by atoms with van der Waals surface area (Å²) in [7, 11) is 1.35. The summed E-state index contributed by atoms with van der Waals surface area (Å²) in [6.45, 7) is 6.52. The molecule has 0 unspecified atom stereocenters. The molecular formula is C20H25N3O5. The lowest BCUT2D eigenvalue weighted by molar-refractivity contribution is -0.0222. The van der Waals surface area contributed by atoms with Crippen molar-refractivity contribution >= 4 is 12.1 Å². The Balaban J connectivity index is 1.47. The molecule has 0 atom stereocenters. The van der Waals surface area contributed by atoms with Crippen LogP contribution < -0.4 is 4.74 Å². The van der Waals surface area contributed by atoms with Crippen molar-refractivity contribution in [3.05, 3.63) is 47.5 Å². The molecule has 1 aliphatic heterocycles. The summed E-state index contributed by atoms with van der Waals surface area (Å²) >= 11 is 0. The van der Waals surface area contributed by atoms with E-state index in [9.17, 15) is 9.59 Å². The van der Waals surface area contributed by atoms with E-state index in [-0.39, 0.29) is 18.2 Å². The molecule has 0 aromatic carbocycles. The van der Waals surface area contributed by atoms with Crippen LogP contribution in [0.1, 0.15) is 42.5 Å². The Labute approximate surface area is 163 Å². The molecule has 0 saturated carbocycles. The third-order valence-electron chi connectivity index (χ3n) is 4.14. The van der Waals surface area contributed by atoms with E-state index in [1.54, 1.807) is 23.4 Å². The largest absolute Gasteiger partial charge is 0.485 e. The number of hydrogen-bond donors (Lipinski definition) is 1. The van der Waals surface area contributed by atoms with E-state index in [1.165, 1.54) is 7.11 Å². The van der Waals surface area contributed by atoms with E-state index in [0.717, 1.165) is 11.4 Å². The zero-order valence-corrected chi connectivity index (χ0v) is 16.5. The number of rotatable bonds is 5. The number of methoxy groups -OCH3 is 1. The van der Waals surface area contributed by atoms with Crippen molar-refractivity contribution in [1.82, 2.24) is 14.9 Å². The van der Waals surface area contributed by atoms with Crippen LogP contribution in [-0.2, 0) is 15.9 Å². The highest BCUT2D eigenvalue weighted by molar-refractivity contribution is 5.89. The van der Waals surface area contributed by atoms with Crippen LogP contribution >= 0.6 is 0 Å². The lowest BCUT2D eigenvalue weighted by Crippen LogP contribution is -2.57. The molecule has 0 spiro atoms. The van der Waals surface area contributed by atoms with Crippen molar-refractivity contribution in [2.45, 2.75) is 38.9 Å². The molecule has 28 heavy (non-hydrogen) atoms. The van der Waals surface area contributed by atoms with Gasteiger partial charge in [-0.3, -0.25) is 4.98 Å². The summed E-state index contributed by atoms with van der Waals surface area (Å²) in [5.41, 5.74) is 1.69. The third kappa shape index (κ3) is 5.03. The maximum Gasteiger partial charge on any atom is 0.410 e. The molecule has 150 valence electrons. The summed E-state index contributed by atoms with van der Waals surface area (Å²) in [5, 5.41) is 0. The predicted molar refractivity (Wildman–Crippen MR) is 101 cm³/mol. The van der Waals surface area contributed by atoms with Crippen LogP contribution in [0.25, 0.3) is 0 Å². The topological polar surface area (TPSA) is 93.8 Å². The first-order chi connectivity index (χ1) is 13.2. The molecule has 8 heteroatoms. The first-order valence-corrected chi connectivity index (χ1v) is 9.08. The molecule has 1 N–H and O–H groups in total. The number of carbonyl (C=O) groups excluding carboxylic acids is 2. The number of H-pyrrole nitrogens is 1. The Hall–Kier alpha value is -3.03. The number of pyridine rings is 1. The van der Waals surface area contributed by atoms with Gasteiger partial charge in [-0.1, -0.05) is 0 Å². The number of amides is 1. The lowest BCUT2D eigenvalue weighted by Gasteiger charge is -2.39. The normalized spacial score (nSPS) is 14.4. The van der Waals surface area contributed by atoms with Crippen molar-refractivity contribution in [2.24, 2.45) is 0 Å². The summed E-state index contributed by atoms with van der Waals surface area (Å²) in [4.78, 5) is 32.5. The highest BCUT2D eigenvalue weighted by Crippen LogP contribution is 2.20. The van der Waals surface area contributed by atoms with Gasteiger partial charge in [0.1, 0.15) is 17.5 Å². The zero-order chi connectivity index (χ0) is 20.3. The Morgan fingerprint density at radius 3 is 2.64 bits per heavy atom. The monoisotopic (exact) mass is 387 g/mol. The number of carbonyl (C=O) groups is 2. The first-order valence-electron chi connectivity index (χ1n) is 9.08. The molecule has 0 bridgehead atoms. The average Bonchev–Trinajstić information content (AvgIpc) is 3.05. The summed E-state index contributed by atoms with van der Waals surface area (Å²) in [5.74, 6) is 0.277. The summed E-state index contributed by atoms with van der Waals surface area (Å²) < 4.78 is 15.8. The van der Waals surface area contributed by atoms with Gasteiger partial charge in [0.15, 0.2) is 0 Å². The van der Waals surface area contributed by atoms with Crippen LogP contribution in [0.4, 0.5) is 4.79 Å². The van der Waals surface area contributed by atoms with E-state index < -0.39 is 5.60 Å². The van der Waals surface area contributed by atoms with Crippen LogP contribution in [-0.4, -0.2) is 58.8 Å². The highest BCUT2D eigenvalue weighted by atomic mass is 16.6.